The number of hydrogen-bond acceptors (Lipinski definition) is 6. The van der Waals surface area contributed by atoms with Gasteiger partial charge in [0.15, 0.2) is 0 Å². The van der Waals surface area contributed by atoms with Crippen LogP contribution in [0.25, 0.3) is 0 Å². The molecule has 1 amide bonds. The number of carbonyl (C=O) groups excluding carboxylic acids is 1. The molecule has 1 saturated heterocycles. The van der Waals surface area contributed by atoms with Crippen molar-refractivity contribution >= 4 is 27.5 Å². The molecule has 1 aromatic rings. The zero-order chi connectivity index (χ0) is 17.9. The van der Waals surface area contributed by atoms with E-state index in [-0.39, 0.29) is 21.8 Å². The summed E-state index contributed by atoms with van der Waals surface area (Å²) in [6.45, 7) is 4.37. The highest BCUT2D eigenvalue weighted by Gasteiger charge is 2.30. The number of nitro benzene ring substituents is 1. The van der Waals surface area contributed by atoms with E-state index in [1.54, 1.807) is 0 Å². The first-order valence-electron chi connectivity index (χ1n) is 7.66. The fourth-order valence-corrected chi connectivity index (χ4v) is 3.58. The number of aromatic hydroxyl groups is 1. The Kier molecular flexibility index (Phi) is 6.00. The molecular formula is C15H20BrN3O5. The van der Waals surface area contributed by atoms with Crippen LogP contribution in [-0.4, -0.2) is 53.6 Å². The first-order chi connectivity index (χ1) is 11.4. The number of methoxy groups -OCH3 is 1. The first kappa shape index (κ1) is 18.5. The van der Waals surface area contributed by atoms with E-state index in [9.17, 15) is 20.0 Å². The van der Waals surface area contributed by atoms with Crippen LogP contribution in [0.4, 0.5) is 5.69 Å². The van der Waals surface area contributed by atoms with Crippen LogP contribution >= 0.6 is 15.9 Å². The van der Waals surface area contributed by atoms with E-state index >= 15 is 0 Å². The molecule has 1 aliphatic heterocycles. The van der Waals surface area contributed by atoms with Gasteiger partial charge in [-0.3, -0.25) is 19.8 Å². The fraction of sp³-hybridized carbons (Fsp3) is 0.533. The van der Waals surface area contributed by atoms with Gasteiger partial charge < -0.3 is 15.2 Å². The molecule has 1 atom stereocenters. The number of hydrogen-bond donors (Lipinski definition) is 2. The number of amides is 1. The zero-order valence-corrected chi connectivity index (χ0v) is 15.1. The molecule has 1 fully saturated rings. The van der Waals surface area contributed by atoms with Gasteiger partial charge in [-0.15, -0.1) is 0 Å². The minimum atomic E-state index is -0.744. The zero-order valence-electron chi connectivity index (χ0n) is 13.5. The van der Waals surface area contributed by atoms with E-state index in [0.717, 1.165) is 32.0 Å². The molecule has 1 aliphatic rings. The molecule has 132 valence electrons. The summed E-state index contributed by atoms with van der Waals surface area (Å²) in [6, 6.07) is 1.34. The maximum atomic E-state index is 12.5. The Labute approximate surface area is 148 Å². The quantitative estimate of drug-likeness (QED) is 0.559. The Morgan fingerprint density at radius 2 is 2.33 bits per heavy atom. The molecule has 0 bridgehead atoms. The van der Waals surface area contributed by atoms with Gasteiger partial charge in [0.1, 0.15) is 11.3 Å². The number of ether oxygens (including phenoxy) is 1. The number of nitro groups is 1. The molecule has 2 rings (SSSR count). The van der Waals surface area contributed by atoms with Gasteiger partial charge in [0, 0.05) is 18.7 Å². The summed E-state index contributed by atoms with van der Waals surface area (Å²) in [4.78, 5) is 25.1. The Bertz CT molecular complexity index is 652. The van der Waals surface area contributed by atoms with Crippen LogP contribution in [-0.2, 0) is 0 Å². The van der Waals surface area contributed by atoms with Gasteiger partial charge in [-0.05, 0) is 41.9 Å². The lowest BCUT2D eigenvalue weighted by Crippen LogP contribution is -2.40. The second kappa shape index (κ2) is 7.80. The van der Waals surface area contributed by atoms with Crippen molar-refractivity contribution in [1.29, 1.82) is 0 Å². The molecule has 24 heavy (non-hydrogen) atoms. The third kappa shape index (κ3) is 3.62. The highest BCUT2D eigenvalue weighted by molar-refractivity contribution is 9.10. The number of benzene rings is 1. The highest BCUT2D eigenvalue weighted by atomic mass is 79.9. The van der Waals surface area contributed by atoms with Gasteiger partial charge in [-0.2, -0.15) is 0 Å². The molecule has 0 saturated carbocycles. The van der Waals surface area contributed by atoms with Crippen LogP contribution in [0.15, 0.2) is 10.5 Å². The molecule has 0 aliphatic carbocycles. The molecule has 0 unspecified atom stereocenters. The van der Waals surface area contributed by atoms with Gasteiger partial charge >= 0.3 is 5.69 Å². The summed E-state index contributed by atoms with van der Waals surface area (Å²) in [6.07, 6.45) is 2.06. The standard InChI is InChI=1S/C15H20BrN3O5/c1-3-18-6-4-5-9(18)8-17-15(21)12-13(20)11(19(22)23)7-10(16)14(12)24-2/h7,9,20H,3-6,8H2,1-2H3,(H,17,21)/t9-/m0/s1. The van der Waals surface area contributed by atoms with Gasteiger partial charge in [0.05, 0.1) is 16.5 Å². The van der Waals surface area contributed by atoms with Crippen LogP contribution in [0.3, 0.4) is 0 Å². The lowest BCUT2D eigenvalue weighted by molar-refractivity contribution is -0.386. The van der Waals surface area contributed by atoms with Crippen LogP contribution in [0, 0.1) is 10.1 Å². The third-order valence-corrected chi connectivity index (χ3v) is 4.81. The Morgan fingerprint density at radius 3 is 2.92 bits per heavy atom. The molecule has 1 heterocycles. The van der Waals surface area contributed by atoms with Crippen molar-refractivity contribution in [3.63, 3.8) is 0 Å². The van der Waals surface area contributed by atoms with Crippen molar-refractivity contribution in [3.8, 4) is 11.5 Å². The smallest absolute Gasteiger partial charge is 0.312 e. The largest absolute Gasteiger partial charge is 0.501 e. The minimum absolute atomic E-state index is 0.0642. The monoisotopic (exact) mass is 401 g/mol. The molecule has 0 aromatic heterocycles. The van der Waals surface area contributed by atoms with Crippen LogP contribution in [0.2, 0.25) is 0 Å². The number of phenolic OH excluding ortho intramolecular Hbond substituents is 1. The van der Waals surface area contributed by atoms with Crippen molar-refractivity contribution in [2.75, 3.05) is 26.7 Å². The maximum Gasteiger partial charge on any atom is 0.312 e. The van der Waals surface area contributed by atoms with E-state index in [1.165, 1.54) is 7.11 Å². The maximum absolute atomic E-state index is 12.5. The fourth-order valence-electron chi connectivity index (χ4n) is 3.00. The number of halogens is 1. The second-order valence-electron chi connectivity index (χ2n) is 5.53. The van der Waals surface area contributed by atoms with Crippen LogP contribution in [0.5, 0.6) is 11.5 Å². The molecular weight excluding hydrogens is 382 g/mol. The lowest BCUT2D eigenvalue weighted by Gasteiger charge is -2.23. The molecule has 1 aromatic carbocycles. The number of nitrogens with one attached hydrogen (secondary N) is 1. The SMILES string of the molecule is CCN1CCC[C@H]1CNC(=O)c1c(O)c([N+](=O)[O-])cc(Br)c1OC. The number of nitrogens with zero attached hydrogens (tertiary/aromatic N) is 2. The van der Waals surface area contributed by atoms with E-state index in [0.29, 0.717) is 6.54 Å². The van der Waals surface area contributed by atoms with Gasteiger partial charge in [-0.25, -0.2) is 0 Å². The molecule has 0 spiro atoms. The van der Waals surface area contributed by atoms with Crippen molar-refractivity contribution in [2.45, 2.75) is 25.8 Å². The lowest BCUT2D eigenvalue weighted by atomic mass is 10.1. The van der Waals surface area contributed by atoms with Gasteiger partial charge in [-0.1, -0.05) is 6.92 Å². The minimum Gasteiger partial charge on any atom is -0.501 e. The summed E-state index contributed by atoms with van der Waals surface area (Å²) in [5.74, 6) is -1.23. The van der Waals surface area contributed by atoms with Crippen LogP contribution < -0.4 is 10.1 Å². The molecule has 2 N–H and O–H groups in total. The Morgan fingerprint density at radius 1 is 1.62 bits per heavy atom. The summed E-state index contributed by atoms with van der Waals surface area (Å²) in [5, 5.41) is 23.9. The highest BCUT2D eigenvalue weighted by Crippen LogP contribution is 2.41. The van der Waals surface area contributed by atoms with E-state index in [2.05, 4.69) is 33.1 Å². The predicted molar refractivity (Wildman–Crippen MR) is 91.6 cm³/mol. The number of likely N-dealkylation sites (tertiary alicyclic amines) is 1. The number of carbonyl (C=O) groups is 1. The molecule has 9 heteroatoms. The molecule has 0 radical (unpaired) electrons. The van der Waals surface area contributed by atoms with Gasteiger partial charge in [0.2, 0.25) is 5.75 Å². The van der Waals surface area contributed by atoms with Crippen molar-refractivity contribution in [2.24, 2.45) is 0 Å². The topological polar surface area (TPSA) is 105 Å². The average molecular weight is 402 g/mol. The summed E-state index contributed by atoms with van der Waals surface area (Å²) >= 11 is 3.14. The predicted octanol–water partition coefficient (Wildman–Crippen LogP) is 2.29. The van der Waals surface area contributed by atoms with E-state index < -0.39 is 22.3 Å². The first-order valence-corrected chi connectivity index (χ1v) is 8.46. The van der Waals surface area contributed by atoms with Crippen molar-refractivity contribution in [1.82, 2.24) is 10.2 Å². The summed E-state index contributed by atoms with van der Waals surface area (Å²) < 4.78 is 5.36. The van der Waals surface area contributed by atoms with Crippen molar-refractivity contribution < 1.29 is 19.6 Å². The van der Waals surface area contributed by atoms with Crippen molar-refractivity contribution in [3.05, 3.63) is 26.2 Å². The number of phenols is 1. The Hall–Kier alpha value is -1.87. The normalized spacial score (nSPS) is 17.7. The number of rotatable bonds is 6. The van der Waals surface area contributed by atoms with Gasteiger partial charge in [0.25, 0.3) is 5.91 Å². The summed E-state index contributed by atoms with van der Waals surface area (Å²) in [7, 11) is 1.33. The third-order valence-electron chi connectivity index (χ3n) is 4.22. The second-order valence-corrected chi connectivity index (χ2v) is 6.38. The van der Waals surface area contributed by atoms with Crippen LogP contribution in [0.1, 0.15) is 30.1 Å². The Balaban J connectivity index is 2.26. The molecule has 8 nitrogen and oxygen atoms in total. The summed E-state index contributed by atoms with van der Waals surface area (Å²) in [5.41, 5.74) is -0.788. The van der Waals surface area contributed by atoms with E-state index in [1.807, 2.05) is 0 Å². The van der Waals surface area contributed by atoms with E-state index in [4.69, 9.17) is 4.74 Å². The number of likely N-dealkylation sites (N-methyl/N-ethyl adjacent to an activating group) is 1. The average Bonchev–Trinajstić information content (AvgIpc) is 3.01.